The van der Waals surface area contributed by atoms with Crippen molar-refractivity contribution in [2.75, 3.05) is 26.9 Å². The van der Waals surface area contributed by atoms with Crippen LogP contribution in [-0.2, 0) is 23.0 Å². The molecule has 0 fully saturated rings. The molecule has 0 radical (unpaired) electrons. The molecular formula is C19H21NO5S. The van der Waals surface area contributed by atoms with Gasteiger partial charge in [0.2, 0.25) is 10.0 Å². The van der Waals surface area contributed by atoms with E-state index in [1.54, 1.807) is 31.4 Å². The highest BCUT2D eigenvalue weighted by atomic mass is 32.2. The first-order valence-electron chi connectivity index (χ1n) is 8.63. The fraction of sp³-hybridized carbons (Fsp3) is 0.368. The predicted octanol–water partition coefficient (Wildman–Crippen LogP) is 2.60. The molecular weight excluding hydrogens is 354 g/mol. The molecule has 2 aliphatic heterocycles. The quantitative estimate of drug-likeness (QED) is 0.825. The third-order valence-corrected chi connectivity index (χ3v) is 6.60. The maximum Gasteiger partial charge on any atom is 0.243 e. The van der Waals surface area contributed by atoms with Gasteiger partial charge in [0.1, 0.15) is 5.75 Å². The van der Waals surface area contributed by atoms with Crippen molar-refractivity contribution in [2.24, 2.45) is 0 Å². The van der Waals surface area contributed by atoms with E-state index in [4.69, 9.17) is 14.2 Å². The molecule has 0 atom stereocenters. The highest BCUT2D eigenvalue weighted by Gasteiger charge is 2.29. The molecule has 0 amide bonds. The van der Waals surface area contributed by atoms with Gasteiger partial charge in [-0.1, -0.05) is 0 Å². The topological polar surface area (TPSA) is 65.1 Å². The van der Waals surface area contributed by atoms with Gasteiger partial charge in [-0.25, -0.2) is 8.42 Å². The number of hydrogen-bond donors (Lipinski definition) is 0. The van der Waals surface area contributed by atoms with E-state index in [0.29, 0.717) is 44.2 Å². The highest BCUT2D eigenvalue weighted by molar-refractivity contribution is 7.89. The van der Waals surface area contributed by atoms with Gasteiger partial charge in [0, 0.05) is 19.5 Å². The molecule has 0 unspecified atom stereocenters. The third kappa shape index (κ3) is 3.12. The number of ether oxygens (including phenoxy) is 3. The normalized spacial score (nSPS) is 17.3. The summed E-state index contributed by atoms with van der Waals surface area (Å²) in [4.78, 5) is 0.274. The largest absolute Gasteiger partial charge is 0.497 e. The second-order valence-electron chi connectivity index (χ2n) is 6.38. The molecule has 0 N–H and O–H groups in total. The molecule has 7 heteroatoms. The lowest BCUT2D eigenvalue weighted by Crippen LogP contribution is -2.36. The van der Waals surface area contributed by atoms with Gasteiger partial charge in [0.05, 0.1) is 25.2 Å². The molecule has 0 saturated carbocycles. The molecule has 2 aromatic carbocycles. The Bertz CT molecular complexity index is 908. The molecule has 0 spiro atoms. The Labute approximate surface area is 153 Å². The monoisotopic (exact) mass is 375 g/mol. The molecule has 2 aromatic rings. The Morgan fingerprint density at radius 2 is 1.65 bits per heavy atom. The van der Waals surface area contributed by atoms with Crippen LogP contribution in [0.4, 0.5) is 0 Å². The van der Waals surface area contributed by atoms with Crippen LogP contribution in [0.3, 0.4) is 0 Å². The maximum absolute atomic E-state index is 13.0. The Morgan fingerprint density at radius 3 is 2.31 bits per heavy atom. The molecule has 2 aliphatic rings. The molecule has 138 valence electrons. The molecule has 0 aliphatic carbocycles. The number of sulfonamides is 1. The number of hydrogen-bond acceptors (Lipinski definition) is 5. The van der Waals surface area contributed by atoms with Gasteiger partial charge < -0.3 is 14.2 Å². The van der Waals surface area contributed by atoms with Crippen molar-refractivity contribution in [2.45, 2.75) is 24.3 Å². The van der Waals surface area contributed by atoms with E-state index < -0.39 is 10.0 Å². The minimum atomic E-state index is -3.55. The first-order chi connectivity index (χ1) is 12.6. The van der Waals surface area contributed by atoms with E-state index in [-0.39, 0.29) is 4.90 Å². The van der Waals surface area contributed by atoms with Crippen LogP contribution >= 0.6 is 0 Å². The van der Waals surface area contributed by atoms with Crippen molar-refractivity contribution in [1.29, 1.82) is 0 Å². The summed E-state index contributed by atoms with van der Waals surface area (Å²) in [6.07, 6.45) is 1.50. The zero-order valence-corrected chi connectivity index (χ0v) is 15.4. The minimum Gasteiger partial charge on any atom is -0.497 e. The van der Waals surface area contributed by atoms with Crippen LogP contribution < -0.4 is 14.2 Å². The zero-order chi connectivity index (χ0) is 18.1. The van der Waals surface area contributed by atoms with Crippen LogP contribution in [0.5, 0.6) is 17.2 Å². The Kier molecular flexibility index (Phi) is 4.50. The summed E-state index contributed by atoms with van der Waals surface area (Å²) < 4.78 is 44.0. The standard InChI is InChI=1S/C19H21NO5S/c1-23-16-3-5-17(6-4-16)26(21,22)20-8-7-14-11-18-19(12-15(14)13-20)25-10-2-9-24-18/h3-6,11-12H,2,7-10,13H2,1H3. The van der Waals surface area contributed by atoms with Gasteiger partial charge in [-0.2, -0.15) is 4.31 Å². The maximum atomic E-state index is 13.0. The average molecular weight is 375 g/mol. The van der Waals surface area contributed by atoms with Crippen molar-refractivity contribution in [3.63, 3.8) is 0 Å². The van der Waals surface area contributed by atoms with Gasteiger partial charge in [-0.05, 0) is 53.9 Å². The first-order valence-corrected chi connectivity index (χ1v) is 10.1. The Hall–Kier alpha value is -2.25. The lowest BCUT2D eigenvalue weighted by Gasteiger charge is -2.29. The number of methoxy groups -OCH3 is 1. The van der Waals surface area contributed by atoms with Crippen LogP contribution in [0, 0.1) is 0 Å². The van der Waals surface area contributed by atoms with Crippen molar-refractivity contribution in [3.8, 4) is 17.2 Å². The summed E-state index contributed by atoms with van der Waals surface area (Å²) in [5, 5.41) is 0. The summed E-state index contributed by atoms with van der Waals surface area (Å²) in [7, 11) is -2.00. The Morgan fingerprint density at radius 1 is 1.00 bits per heavy atom. The molecule has 26 heavy (non-hydrogen) atoms. The highest BCUT2D eigenvalue weighted by Crippen LogP contribution is 2.36. The van der Waals surface area contributed by atoms with Crippen molar-refractivity contribution >= 4 is 10.0 Å². The third-order valence-electron chi connectivity index (χ3n) is 4.74. The lowest BCUT2D eigenvalue weighted by molar-refractivity contribution is 0.297. The smallest absolute Gasteiger partial charge is 0.243 e. The zero-order valence-electron chi connectivity index (χ0n) is 14.6. The van der Waals surface area contributed by atoms with Crippen molar-refractivity contribution in [1.82, 2.24) is 4.31 Å². The molecule has 6 nitrogen and oxygen atoms in total. The average Bonchev–Trinajstić information content (AvgIpc) is 2.90. The number of fused-ring (bicyclic) bond motifs is 2. The fourth-order valence-electron chi connectivity index (χ4n) is 3.29. The SMILES string of the molecule is COc1ccc(S(=O)(=O)N2CCc3cc4c(cc3C2)OCCCO4)cc1. The summed E-state index contributed by atoms with van der Waals surface area (Å²) in [6.45, 7) is 2.03. The minimum absolute atomic E-state index is 0.274. The summed E-state index contributed by atoms with van der Waals surface area (Å²) >= 11 is 0. The van der Waals surface area contributed by atoms with Gasteiger partial charge in [0.15, 0.2) is 11.5 Å². The van der Waals surface area contributed by atoms with E-state index in [2.05, 4.69) is 0 Å². The molecule has 4 rings (SSSR count). The van der Waals surface area contributed by atoms with Crippen LogP contribution in [0.25, 0.3) is 0 Å². The lowest BCUT2D eigenvalue weighted by atomic mass is 10.0. The van der Waals surface area contributed by atoms with E-state index >= 15 is 0 Å². The van der Waals surface area contributed by atoms with Crippen LogP contribution in [-0.4, -0.2) is 39.6 Å². The summed E-state index contributed by atoms with van der Waals surface area (Å²) in [5.41, 5.74) is 2.09. The fourth-order valence-corrected chi connectivity index (χ4v) is 4.71. The molecule has 0 saturated heterocycles. The predicted molar refractivity (Wildman–Crippen MR) is 96.3 cm³/mol. The van der Waals surface area contributed by atoms with Crippen LogP contribution in [0.1, 0.15) is 17.5 Å². The molecule has 0 bridgehead atoms. The van der Waals surface area contributed by atoms with E-state index in [0.717, 1.165) is 23.3 Å². The Balaban J connectivity index is 1.62. The first kappa shape index (κ1) is 17.2. The van der Waals surface area contributed by atoms with Crippen LogP contribution in [0.2, 0.25) is 0 Å². The number of nitrogens with zero attached hydrogens (tertiary/aromatic N) is 1. The van der Waals surface area contributed by atoms with E-state index in [1.807, 2.05) is 12.1 Å². The van der Waals surface area contributed by atoms with Crippen LogP contribution in [0.15, 0.2) is 41.3 Å². The van der Waals surface area contributed by atoms with Gasteiger partial charge in [-0.3, -0.25) is 0 Å². The van der Waals surface area contributed by atoms with Crippen molar-refractivity contribution < 1.29 is 22.6 Å². The summed E-state index contributed by atoms with van der Waals surface area (Å²) in [6, 6.07) is 10.4. The van der Waals surface area contributed by atoms with Gasteiger partial charge >= 0.3 is 0 Å². The van der Waals surface area contributed by atoms with Gasteiger partial charge in [-0.15, -0.1) is 0 Å². The summed E-state index contributed by atoms with van der Waals surface area (Å²) in [5.74, 6) is 2.09. The van der Waals surface area contributed by atoms with E-state index in [9.17, 15) is 8.42 Å². The molecule has 2 heterocycles. The second kappa shape index (κ2) is 6.81. The van der Waals surface area contributed by atoms with Gasteiger partial charge in [0.25, 0.3) is 0 Å². The second-order valence-corrected chi connectivity index (χ2v) is 8.32. The number of benzene rings is 2. The van der Waals surface area contributed by atoms with Crippen molar-refractivity contribution in [3.05, 3.63) is 47.5 Å². The number of rotatable bonds is 3. The molecule has 0 aromatic heterocycles. The van der Waals surface area contributed by atoms with E-state index in [1.165, 1.54) is 4.31 Å².